The average molecular weight is 385 g/mol. The quantitative estimate of drug-likeness (QED) is 0.545. The number of nitrogens with one attached hydrogen (secondary N) is 1. The summed E-state index contributed by atoms with van der Waals surface area (Å²) in [7, 11) is 3.13. The maximum absolute atomic E-state index is 13.2. The summed E-state index contributed by atoms with van der Waals surface area (Å²) in [6.07, 6.45) is 3.40. The van der Waals surface area contributed by atoms with Crippen LogP contribution in [0.4, 0.5) is 5.69 Å². The molecule has 1 amide bonds. The molecule has 4 aromatic rings. The number of fused-ring (bicyclic) bond motifs is 1. The molecule has 144 valence electrons. The van der Waals surface area contributed by atoms with Crippen molar-refractivity contribution in [2.45, 2.75) is 0 Å². The van der Waals surface area contributed by atoms with E-state index >= 15 is 0 Å². The van der Waals surface area contributed by atoms with E-state index in [0.717, 1.165) is 16.5 Å². The van der Waals surface area contributed by atoms with Crippen molar-refractivity contribution in [3.8, 4) is 22.8 Å². The Balaban J connectivity index is 1.80. The Labute approximate surface area is 168 Å². The van der Waals surface area contributed by atoms with Gasteiger partial charge in [0.25, 0.3) is 5.91 Å². The monoisotopic (exact) mass is 385 g/mol. The number of rotatable bonds is 5. The second-order valence-electron chi connectivity index (χ2n) is 6.33. The predicted molar refractivity (Wildman–Crippen MR) is 112 cm³/mol. The Morgan fingerprint density at radius 1 is 0.931 bits per heavy atom. The average Bonchev–Trinajstić information content (AvgIpc) is 2.78. The number of anilines is 1. The van der Waals surface area contributed by atoms with Gasteiger partial charge in [-0.25, -0.2) is 4.98 Å². The Morgan fingerprint density at radius 3 is 2.48 bits per heavy atom. The molecule has 0 bridgehead atoms. The lowest BCUT2D eigenvalue weighted by Gasteiger charge is -2.13. The Morgan fingerprint density at radius 2 is 1.72 bits per heavy atom. The maximum Gasteiger partial charge on any atom is 0.256 e. The SMILES string of the molecule is COc1ccc(OC)c(NC(=O)c2cc(-c3ccncc3)nc3ccccc23)c1. The van der Waals surface area contributed by atoms with E-state index in [4.69, 9.17) is 14.5 Å². The molecule has 0 aliphatic carbocycles. The summed E-state index contributed by atoms with van der Waals surface area (Å²) in [4.78, 5) is 22.0. The number of para-hydroxylation sites is 1. The second-order valence-corrected chi connectivity index (χ2v) is 6.33. The number of pyridine rings is 2. The molecule has 0 atom stereocenters. The first kappa shape index (κ1) is 18.4. The zero-order valence-electron chi connectivity index (χ0n) is 16.0. The molecule has 0 unspecified atom stereocenters. The van der Waals surface area contributed by atoms with Crippen LogP contribution in [0.1, 0.15) is 10.4 Å². The van der Waals surface area contributed by atoms with E-state index in [1.165, 1.54) is 0 Å². The summed E-state index contributed by atoms with van der Waals surface area (Å²) in [6, 6.07) is 18.3. The van der Waals surface area contributed by atoms with Crippen molar-refractivity contribution in [2.75, 3.05) is 19.5 Å². The van der Waals surface area contributed by atoms with Gasteiger partial charge >= 0.3 is 0 Å². The molecule has 2 heterocycles. The highest BCUT2D eigenvalue weighted by molar-refractivity contribution is 6.13. The van der Waals surface area contributed by atoms with Crippen LogP contribution in [-0.4, -0.2) is 30.1 Å². The molecule has 4 rings (SSSR count). The maximum atomic E-state index is 13.2. The standard InChI is InChI=1S/C23H19N3O3/c1-28-16-7-8-22(29-2)21(13-16)26-23(27)18-14-20(15-9-11-24-12-10-15)25-19-6-4-3-5-17(18)19/h3-14H,1-2H3,(H,26,27). The number of nitrogens with zero attached hydrogens (tertiary/aromatic N) is 2. The van der Waals surface area contributed by atoms with Crippen LogP contribution in [0.3, 0.4) is 0 Å². The largest absolute Gasteiger partial charge is 0.497 e. The highest BCUT2D eigenvalue weighted by atomic mass is 16.5. The first-order chi connectivity index (χ1) is 14.2. The number of hydrogen-bond acceptors (Lipinski definition) is 5. The number of hydrogen-bond donors (Lipinski definition) is 1. The van der Waals surface area contributed by atoms with Gasteiger partial charge in [0, 0.05) is 29.4 Å². The smallest absolute Gasteiger partial charge is 0.256 e. The molecule has 0 saturated heterocycles. The zero-order valence-corrected chi connectivity index (χ0v) is 16.0. The molecule has 0 aliphatic rings. The van der Waals surface area contributed by atoms with Crippen LogP contribution in [0.2, 0.25) is 0 Å². The number of methoxy groups -OCH3 is 2. The van der Waals surface area contributed by atoms with Gasteiger partial charge in [-0.05, 0) is 36.4 Å². The van der Waals surface area contributed by atoms with Crippen molar-refractivity contribution in [1.29, 1.82) is 0 Å². The van der Waals surface area contributed by atoms with E-state index in [2.05, 4.69) is 10.3 Å². The summed E-state index contributed by atoms with van der Waals surface area (Å²) in [5.74, 6) is 0.912. The van der Waals surface area contributed by atoms with Gasteiger partial charge in [-0.15, -0.1) is 0 Å². The zero-order chi connectivity index (χ0) is 20.2. The van der Waals surface area contributed by atoms with Gasteiger partial charge in [0.2, 0.25) is 0 Å². The molecule has 29 heavy (non-hydrogen) atoms. The number of ether oxygens (including phenoxy) is 2. The number of carbonyl (C=O) groups excluding carboxylic acids is 1. The number of amides is 1. The van der Waals surface area contributed by atoms with Crippen molar-refractivity contribution < 1.29 is 14.3 Å². The molecule has 6 nitrogen and oxygen atoms in total. The fourth-order valence-corrected chi connectivity index (χ4v) is 3.14. The number of benzene rings is 2. The van der Waals surface area contributed by atoms with E-state index in [0.29, 0.717) is 28.4 Å². The van der Waals surface area contributed by atoms with Crippen LogP contribution in [0, 0.1) is 0 Å². The minimum Gasteiger partial charge on any atom is -0.497 e. The van der Waals surface area contributed by atoms with E-state index < -0.39 is 0 Å². The minimum atomic E-state index is -0.259. The lowest BCUT2D eigenvalue weighted by atomic mass is 10.0. The molecule has 0 radical (unpaired) electrons. The fourth-order valence-electron chi connectivity index (χ4n) is 3.14. The Bertz CT molecular complexity index is 1180. The van der Waals surface area contributed by atoms with Crippen molar-refractivity contribution in [3.63, 3.8) is 0 Å². The Hall–Kier alpha value is -3.93. The minimum absolute atomic E-state index is 0.259. The summed E-state index contributed by atoms with van der Waals surface area (Å²) >= 11 is 0. The summed E-state index contributed by atoms with van der Waals surface area (Å²) in [6.45, 7) is 0. The lowest BCUT2D eigenvalue weighted by molar-refractivity contribution is 0.102. The molecule has 6 heteroatoms. The molecule has 2 aromatic heterocycles. The normalized spacial score (nSPS) is 10.6. The van der Waals surface area contributed by atoms with E-state index in [1.807, 2.05) is 36.4 Å². The fraction of sp³-hybridized carbons (Fsp3) is 0.0870. The van der Waals surface area contributed by atoms with Crippen LogP contribution in [-0.2, 0) is 0 Å². The van der Waals surface area contributed by atoms with E-state index in [9.17, 15) is 4.79 Å². The van der Waals surface area contributed by atoms with Gasteiger partial charge < -0.3 is 14.8 Å². The van der Waals surface area contributed by atoms with Gasteiger partial charge in [0.15, 0.2) is 0 Å². The molecule has 0 saturated carbocycles. The summed E-state index contributed by atoms with van der Waals surface area (Å²) in [5.41, 5.74) is 3.38. The molecule has 1 N–H and O–H groups in total. The molecular formula is C23H19N3O3. The highest BCUT2D eigenvalue weighted by Gasteiger charge is 2.16. The molecule has 0 spiro atoms. The van der Waals surface area contributed by atoms with Crippen LogP contribution >= 0.6 is 0 Å². The topological polar surface area (TPSA) is 73.3 Å². The molecular weight excluding hydrogens is 366 g/mol. The van der Waals surface area contributed by atoms with Crippen LogP contribution in [0.15, 0.2) is 73.1 Å². The van der Waals surface area contributed by atoms with Gasteiger partial charge in [0.1, 0.15) is 11.5 Å². The molecule has 0 aliphatic heterocycles. The lowest BCUT2D eigenvalue weighted by Crippen LogP contribution is -2.14. The highest BCUT2D eigenvalue weighted by Crippen LogP contribution is 2.31. The van der Waals surface area contributed by atoms with Crippen LogP contribution in [0.25, 0.3) is 22.2 Å². The Kier molecular flexibility index (Phi) is 5.07. The predicted octanol–water partition coefficient (Wildman–Crippen LogP) is 4.57. The van der Waals surface area contributed by atoms with Crippen LogP contribution in [0.5, 0.6) is 11.5 Å². The van der Waals surface area contributed by atoms with Crippen molar-refractivity contribution >= 4 is 22.5 Å². The van der Waals surface area contributed by atoms with Crippen molar-refractivity contribution in [1.82, 2.24) is 9.97 Å². The third kappa shape index (κ3) is 3.73. The van der Waals surface area contributed by atoms with Crippen molar-refractivity contribution in [2.24, 2.45) is 0 Å². The third-order valence-corrected chi connectivity index (χ3v) is 4.59. The van der Waals surface area contributed by atoms with Crippen molar-refractivity contribution in [3.05, 3.63) is 78.6 Å². The van der Waals surface area contributed by atoms with Gasteiger partial charge in [-0.2, -0.15) is 0 Å². The van der Waals surface area contributed by atoms with E-state index in [1.54, 1.807) is 50.9 Å². The summed E-state index contributed by atoms with van der Waals surface area (Å²) in [5, 5.41) is 3.71. The van der Waals surface area contributed by atoms with E-state index in [-0.39, 0.29) is 5.91 Å². The first-order valence-electron chi connectivity index (χ1n) is 9.03. The second kappa shape index (κ2) is 7.98. The third-order valence-electron chi connectivity index (χ3n) is 4.59. The van der Waals surface area contributed by atoms with Gasteiger partial charge in [-0.3, -0.25) is 9.78 Å². The van der Waals surface area contributed by atoms with Gasteiger partial charge in [-0.1, -0.05) is 18.2 Å². The first-order valence-corrected chi connectivity index (χ1v) is 9.03. The molecule has 2 aromatic carbocycles. The molecule has 0 fully saturated rings. The number of aromatic nitrogens is 2. The van der Waals surface area contributed by atoms with Crippen LogP contribution < -0.4 is 14.8 Å². The summed E-state index contributed by atoms with van der Waals surface area (Å²) < 4.78 is 10.6. The number of carbonyl (C=O) groups is 1. The van der Waals surface area contributed by atoms with Gasteiger partial charge in [0.05, 0.1) is 36.7 Å².